The van der Waals surface area contributed by atoms with Gasteiger partial charge in [0.05, 0.1) is 5.92 Å². The molecule has 0 radical (unpaired) electrons. The number of rotatable bonds is 6. The number of nitrogens with zero attached hydrogens (tertiary/aromatic N) is 1. The summed E-state index contributed by atoms with van der Waals surface area (Å²) in [5, 5.41) is 12.0. The number of carbonyl (C=O) groups is 1. The molecule has 1 aliphatic rings. The summed E-state index contributed by atoms with van der Waals surface area (Å²) < 4.78 is 0. The SMILES string of the molecule is O=C(O)C1CC1CNCCc1ccccn1. The summed E-state index contributed by atoms with van der Waals surface area (Å²) in [6, 6.07) is 5.88. The fourth-order valence-corrected chi connectivity index (χ4v) is 1.83. The lowest BCUT2D eigenvalue weighted by Gasteiger charge is -2.03. The van der Waals surface area contributed by atoms with Crippen LogP contribution in [0.25, 0.3) is 0 Å². The lowest BCUT2D eigenvalue weighted by Crippen LogP contribution is -2.21. The van der Waals surface area contributed by atoms with Crippen molar-refractivity contribution in [3.8, 4) is 0 Å². The monoisotopic (exact) mass is 220 g/mol. The highest BCUT2D eigenvalue weighted by Crippen LogP contribution is 2.37. The lowest BCUT2D eigenvalue weighted by molar-refractivity contribution is -0.138. The summed E-state index contributed by atoms with van der Waals surface area (Å²) in [7, 11) is 0. The summed E-state index contributed by atoms with van der Waals surface area (Å²) >= 11 is 0. The molecule has 1 aliphatic carbocycles. The van der Waals surface area contributed by atoms with Crippen LogP contribution in [0.4, 0.5) is 0 Å². The van der Waals surface area contributed by atoms with Crippen molar-refractivity contribution in [2.24, 2.45) is 11.8 Å². The predicted molar refractivity (Wildman–Crippen MR) is 60.0 cm³/mol. The van der Waals surface area contributed by atoms with Gasteiger partial charge in [0, 0.05) is 24.9 Å². The molecule has 0 spiro atoms. The molecule has 1 aromatic rings. The average Bonchev–Trinajstić information content (AvgIpc) is 3.05. The number of carboxylic acid groups (broad SMARTS) is 1. The largest absolute Gasteiger partial charge is 0.481 e. The van der Waals surface area contributed by atoms with Crippen molar-refractivity contribution < 1.29 is 9.90 Å². The molecule has 1 heterocycles. The fraction of sp³-hybridized carbons (Fsp3) is 0.500. The fourth-order valence-electron chi connectivity index (χ4n) is 1.83. The molecule has 0 bridgehead atoms. The van der Waals surface area contributed by atoms with E-state index in [1.165, 1.54) is 0 Å². The molecule has 2 atom stereocenters. The Morgan fingerprint density at radius 1 is 1.56 bits per heavy atom. The van der Waals surface area contributed by atoms with Gasteiger partial charge in [-0.05, 0) is 31.0 Å². The van der Waals surface area contributed by atoms with Gasteiger partial charge in [0.1, 0.15) is 0 Å². The van der Waals surface area contributed by atoms with Crippen LogP contribution >= 0.6 is 0 Å². The number of pyridine rings is 1. The van der Waals surface area contributed by atoms with E-state index in [1.54, 1.807) is 6.20 Å². The Labute approximate surface area is 94.7 Å². The van der Waals surface area contributed by atoms with Crippen molar-refractivity contribution in [1.29, 1.82) is 0 Å². The smallest absolute Gasteiger partial charge is 0.306 e. The molecule has 16 heavy (non-hydrogen) atoms. The molecule has 1 fully saturated rings. The van der Waals surface area contributed by atoms with Crippen LogP contribution in [-0.2, 0) is 11.2 Å². The molecule has 0 aromatic carbocycles. The molecule has 0 aliphatic heterocycles. The van der Waals surface area contributed by atoms with Crippen molar-refractivity contribution in [2.45, 2.75) is 12.8 Å². The zero-order chi connectivity index (χ0) is 11.4. The number of carboxylic acids is 1. The highest BCUT2D eigenvalue weighted by atomic mass is 16.4. The third-order valence-corrected chi connectivity index (χ3v) is 2.93. The minimum Gasteiger partial charge on any atom is -0.481 e. The molecule has 86 valence electrons. The molecule has 0 amide bonds. The Morgan fingerprint density at radius 2 is 2.44 bits per heavy atom. The van der Waals surface area contributed by atoms with E-state index < -0.39 is 5.97 Å². The molecule has 4 nitrogen and oxygen atoms in total. The van der Waals surface area contributed by atoms with E-state index in [4.69, 9.17) is 5.11 Å². The van der Waals surface area contributed by atoms with E-state index in [2.05, 4.69) is 10.3 Å². The van der Waals surface area contributed by atoms with Crippen LogP contribution < -0.4 is 5.32 Å². The molecule has 2 rings (SSSR count). The van der Waals surface area contributed by atoms with E-state index in [0.717, 1.165) is 31.6 Å². The normalized spacial score (nSPS) is 23.0. The first-order valence-electron chi connectivity index (χ1n) is 5.61. The maximum absolute atomic E-state index is 10.6. The van der Waals surface area contributed by atoms with Crippen molar-refractivity contribution in [2.75, 3.05) is 13.1 Å². The second kappa shape index (κ2) is 5.07. The van der Waals surface area contributed by atoms with Gasteiger partial charge in [-0.15, -0.1) is 0 Å². The van der Waals surface area contributed by atoms with Crippen LogP contribution in [0.5, 0.6) is 0 Å². The summed E-state index contributed by atoms with van der Waals surface area (Å²) in [6.45, 7) is 1.67. The van der Waals surface area contributed by atoms with Crippen LogP contribution in [0.1, 0.15) is 12.1 Å². The van der Waals surface area contributed by atoms with Gasteiger partial charge in [0.15, 0.2) is 0 Å². The van der Waals surface area contributed by atoms with Gasteiger partial charge in [0.25, 0.3) is 0 Å². The van der Waals surface area contributed by atoms with Crippen molar-refractivity contribution in [1.82, 2.24) is 10.3 Å². The van der Waals surface area contributed by atoms with Crippen molar-refractivity contribution in [3.63, 3.8) is 0 Å². The Hall–Kier alpha value is -1.42. The second-order valence-corrected chi connectivity index (χ2v) is 4.22. The highest BCUT2D eigenvalue weighted by Gasteiger charge is 2.42. The van der Waals surface area contributed by atoms with Crippen molar-refractivity contribution in [3.05, 3.63) is 30.1 Å². The number of nitrogens with one attached hydrogen (secondary N) is 1. The number of aliphatic carboxylic acids is 1. The predicted octanol–water partition coefficient (Wildman–Crippen LogP) is 0.934. The molecule has 1 saturated carbocycles. The van der Waals surface area contributed by atoms with E-state index in [9.17, 15) is 4.79 Å². The van der Waals surface area contributed by atoms with E-state index in [1.807, 2.05) is 18.2 Å². The quantitative estimate of drug-likeness (QED) is 0.700. The van der Waals surface area contributed by atoms with Gasteiger partial charge in [-0.1, -0.05) is 6.07 Å². The van der Waals surface area contributed by atoms with E-state index in [-0.39, 0.29) is 5.92 Å². The maximum Gasteiger partial charge on any atom is 0.306 e. The average molecular weight is 220 g/mol. The Kier molecular flexibility index (Phi) is 3.51. The van der Waals surface area contributed by atoms with Crippen LogP contribution in [-0.4, -0.2) is 29.1 Å². The lowest BCUT2D eigenvalue weighted by atomic mass is 10.2. The van der Waals surface area contributed by atoms with Gasteiger partial charge in [-0.25, -0.2) is 0 Å². The van der Waals surface area contributed by atoms with Crippen LogP contribution in [0.2, 0.25) is 0 Å². The van der Waals surface area contributed by atoms with Gasteiger partial charge >= 0.3 is 5.97 Å². The molecule has 2 N–H and O–H groups in total. The third-order valence-electron chi connectivity index (χ3n) is 2.93. The third kappa shape index (κ3) is 3.03. The first-order valence-corrected chi connectivity index (χ1v) is 5.61. The van der Waals surface area contributed by atoms with Crippen LogP contribution in [0, 0.1) is 11.8 Å². The minimum atomic E-state index is -0.656. The summed E-state index contributed by atoms with van der Waals surface area (Å²) in [4.78, 5) is 14.8. The molecule has 1 aromatic heterocycles. The Bertz CT molecular complexity index is 353. The van der Waals surface area contributed by atoms with Gasteiger partial charge < -0.3 is 10.4 Å². The first kappa shape index (κ1) is 11.1. The van der Waals surface area contributed by atoms with Crippen molar-refractivity contribution >= 4 is 5.97 Å². The van der Waals surface area contributed by atoms with E-state index in [0.29, 0.717) is 5.92 Å². The van der Waals surface area contributed by atoms with Gasteiger partial charge in [-0.2, -0.15) is 0 Å². The molecular formula is C12H16N2O2. The zero-order valence-electron chi connectivity index (χ0n) is 9.10. The maximum atomic E-state index is 10.6. The molecular weight excluding hydrogens is 204 g/mol. The number of aromatic nitrogens is 1. The Balaban J connectivity index is 1.58. The topological polar surface area (TPSA) is 62.2 Å². The summed E-state index contributed by atoms with van der Waals surface area (Å²) in [5.41, 5.74) is 1.07. The number of hydrogen-bond donors (Lipinski definition) is 2. The number of hydrogen-bond acceptors (Lipinski definition) is 3. The standard InChI is InChI=1S/C12H16N2O2/c15-12(16)11-7-9(11)8-13-6-4-10-3-1-2-5-14-10/h1-3,5,9,11,13H,4,6-8H2,(H,15,16). The summed E-state index contributed by atoms with van der Waals surface area (Å²) in [6.07, 6.45) is 3.51. The first-order chi connectivity index (χ1) is 7.77. The van der Waals surface area contributed by atoms with Crippen LogP contribution in [0.15, 0.2) is 24.4 Å². The molecule has 2 unspecified atom stereocenters. The highest BCUT2D eigenvalue weighted by molar-refractivity contribution is 5.73. The zero-order valence-corrected chi connectivity index (χ0v) is 9.10. The molecule has 0 saturated heterocycles. The van der Waals surface area contributed by atoms with Gasteiger partial charge in [-0.3, -0.25) is 9.78 Å². The second-order valence-electron chi connectivity index (χ2n) is 4.22. The van der Waals surface area contributed by atoms with E-state index >= 15 is 0 Å². The Morgan fingerprint density at radius 3 is 3.06 bits per heavy atom. The summed E-state index contributed by atoms with van der Waals surface area (Å²) in [5.74, 6) is -0.430. The van der Waals surface area contributed by atoms with Gasteiger partial charge in [0.2, 0.25) is 0 Å². The molecule has 4 heteroatoms. The van der Waals surface area contributed by atoms with Crippen LogP contribution in [0.3, 0.4) is 0 Å². The minimum absolute atomic E-state index is 0.109.